The van der Waals surface area contributed by atoms with Gasteiger partial charge in [-0.1, -0.05) is 12.1 Å². The number of methoxy groups -OCH3 is 1. The Morgan fingerprint density at radius 2 is 2.16 bits per heavy atom. The predicted molar refractivity (Wildman–Crippen MR) is 77.2 cm³/mol. The van der Waals surface area contributed by atoms with E-state index in [0.29, 0.717) is 19.7 Å². The monoisotopic (exact) mass is 264 g/mol. The van der Waals surface area contributed by atoms with Gasteiger partial charge in [-0.2, -0.15) is 0 Å². The number of hydrogen-bond acceptors (Lipinski definition) is 3. The molecule has 0 radical (unpaired) electrons. The summed E-state index contributed by atoms with van der Waals surface area (Å²) in [4.78, 5) is 14.3. The Hall–Kier alpha value is -1.39. The van der Waals surface area contributed by atoms with Crippen LogP contribution in [0.1, 0.15) is 29.8 Å². The number of carbonyl (C=O) groups excluding carboxylic acids is 1. The van der Waals surface area contributed by atoms with Gasteiger partial charge in [-0.25, -0.2) is 0 Å². The number of benzene rings is 1. The van der Waals surface area contributed by atoms with E-state index >= 15 is 0 Å². The number of rotatable bonds is 7. The average Bonchev–Trinajstić information content (AvgIpc) is 2.39. The summed E-state index contributed by atoms with van der Waals surface area (Å²) in [5.41, 5.74) is 7.37. The van der Waals surface area contributed by atoms with Crippen LogP contribution in [-0.4, -0.2) is 43.7 Å². The standard InChI is InChI=1S/C15H24N2O2/c1-12(2)17(9-10-19-3)15(18)14-6-4-5-13(11-14)7-8-16/h4-6,11-12H,7-10,16H2,1-3H3. The molecular formula is C15H24N2O2. The lowest BCUT2D eigenvalue weighted by Gasteiger charge is -2.26. The predicted octanol–water partition coefficient (Wildman–Crippen LogP) is 1.68. The van der Waals surface area contributed by atoms with Gasteiger partial charge >= 0.3 is 0 Å². The van der Waals surface area contributed by atoms with Crippen LogP contribution in [0.3, 0.4) is 0 Å². The molecule has 0 aliphatic carbocycles. The summed E-state index contributed by atoms with van der Waals surface area (Å²) in [6.45, 7) is 5.77. The van der Waals surface area contributed by atoms with Gasteiger partial charge in [-0.15, -0.1) is 0 Å². The van der Waals surface area contributed by atoms with Crippen molar-refractivity contribution in [2.24, 2.45) is 5.73 Å². The summed E-state index contributed by atoms with van der Waals surface area (Å²) in [6.07, 6.45) is 0.793. The van der Waals surface area contributed by atoms with Crippen molar-refractivity contribution < 1.29 is 9.53 Å². The minimum absolute atomic E-state index is 0.0471. The number of ether oxygens (including phenoxy) is 1. The van der Waals surface area contributed by atoms with Crippen molar-refractivity contribution >= 4 is 5.91 Å². The number of amides is 1. The summed E-state index contributed by atoms with van der Waals surface area (Å²) in [5, 5.41) is 0. The lowest BCUT2D eigenvalue weighted by atomic mass is 10.1. The molecule has 0 saturated heterocycles. The van der Waals surface area contributed by atoms with E-state index in [1.54, 1.807) is 7.11 Å². The number of nitrogens with zero attached hydrogens (tertiary/aromatic N) is 1. The summed E-state index contributed by atoms with van der Waals surface area (Å²) >= 11 is 0. The molecule has 4 heteroatoms. The Kier molecular flexibility index (Phi) is 6.53. The van der Waals surface area contributed by atoms with Crippen LogP contribution in [0.2, 0.25) is 0 Å². The first kappa shape index (κ1) is 15.7. The fraction of sp³-hybridized carbons (Fsp3) is 0.533. The molecule has 0 saturated carbocycles. The maximum Gasteiger partial charge on any atom is 0.254 e. The van der Waals surface area contributed by atoms with E-state index in [4.69, 9.17) is 10.5 Å². The molecule has 1 amide bonds. The van der Waals surface area contributed by atoms with Gasteiger partial charge in [0.15, 0.2) is 0 Å². The molecule has 0 bridgehead atoms. The van der Waals surface area contributed by atoms with E-state index < -0.39 is 0 Å². The van der Waals surface area contributed by atoms with Gasteiger partial charge in [0.1, 0.15) is 0 Å². The first-order valence-electron chi connectivity index (χ1n) is 6.69. The Labute approximate surface area is 115 Å². The van der Waals surface area contributed by atoms with E-state index in [0.717, 1.165) is 17.5 Å². The average molecular weight is 264 g/mol. The van der Waals surface area contributed by atoms with Crippen LogP contribution in [0.5, 0.6) is 0 Å². The van der Waals surface area contributed by atoms with Crippen molar-refractivity contribution in [1.82, 2.24) is 4.90 Å². The molecule has 106 valence electrons. The second kappa shape index (κ2) is 7.92. The molecular weight excluding hydrogens is 240 g/mol. The van der Waals surface area contributed by atoms with Gasteiger partial charge in [0, 0.05) is 25.3 Å². The highest BCUT2D eigenvalue weighted by atomic mass is 16.5. The van der Waals surface area contributed by atoms with Gasteiger partial charge in [-0.3, -0.25) is 4.79 Å². The third kappa shape index (κ3) is 4.65. The molecule has 0 fully saturated rings. The van der Waals surface area contributed by atoms with E-state index in [9.17, 15) is 4.79 Å². The molecule has 0 spiro atoms. The SMILES string of the molecule is COCCN(C(=O)c1cccc(CCN)c1)C(C)C. The van der Waals surface area contributed by atoms with Crippen LogP contribution in [0.4, 0.5) is 0 Å². The van der Waals surface area contributed by atoms with Gasteiger partial charge in [0.2, 0.25) is 0 Å². The molecule has 19 heavy (non-hydrogen) atoms. The van der Waals surface area contributed by atoms with Crippen LogP contribution in [0.15, 0.2) is 24.3 Å². The molecule has 1 rings (SSSR count). The third-order valence-electron chi connectivity index (χ3n) is 3.03. The summed E-state index contributed by atoms with van der Waals surface area (Å²) in [6, 6.07) is 7.84. The fourth-order valence-corrected chi connectivity index (χ4v) is 1.98. The van der Waals surface area contributed by atoms with Crippen molar-refractivity contribution in [2.45, 2.75) is 26.3 Å². The Balaban J connectivity index is 2.86. The Bertz CT molecular complexity index is 405. The fourth-order valence-electron chi connectivity index (χ4n) is 1.98. The second-order valence-electron chi connectivity index (χ2n) is 4.82. The summed E-state index contributed by atoms with van der Waals surface area (Å²) < 4.78 is 5.06. The minimum Gasteiger partial charge on any atom is -0.383 e. The van der Waals surface area contributed by atoms with Gasteiger partial charge in [0.25, 0.3) is 5.91 Å². The van der Waals surface area contributed by atoms with Crippen LogP contribution in [0, 0.1) is 0 Å². The molecule has 1 aromatic carbocycles. The maximum absolute atomic E-state index is 12.5. The van der Waals surface area contributed by atoms with Crippen molar-refractivity contribution in [3.63, 3.8) is 0 Å². The maximum atomic E-state index is 12.5. The van der Waals surface area contributed by atoms with Crippen LogP contribution in [0.25, 0.3) is 0 Å². The van der Waals surface area contributed by atoms with Crippen LogP contribution in [-0.2, 0) is 11.2 Å². The topological polar surface area (TPSA) is 55.6 Å². The zero-order valence-corrected chi connectivity index (χ0v) is 12.1. The van der Waals surface area contributed by atoms with Gasteiger partial charge < -0.3 is 15.4 Å². The molecule has 2 N–H and O–H groups in total. The van der Waals surface area contributed by atoms with Crippen molar-refractivity contribution in [1.29, 1.82) is 0 Å². The molecule has 4 nitrogen and oxygen atoms in total. The molecule has 0 atom stereocenters. The number of nitrogens with two attached hydrogens (primary N) is 1. The molecule has 0 unspecified atom stereocenters. The lowest BCUT2D eigenvalue weighted by Crippen LogP contribution is -2.39. The van der Waals surface area contributed by atoms with Crippen molar-refractivity contribution in [3.8, 4) is 0 Å². The van der Waals surface area contributed by atoms with Crippen molar-refractivity contribution in [3.05, 3.63) is 35.4 Å². The summed E-state index contributed by atoms with van der Waals surface area (Å²) in [7, 11) is 1.64. The zero-order chi connectivity index (χ0) is 14.3. The van der Waals surface area contributed by atoms with Gasteiger partial charge in [0.05, 0.1) is 6.61 Å². The first-order valence-corrected chi connectivity index (χ1v) is 6.69. The van der Waals surface area contributed by atoms with E-state index in [1.807, 2.05) is 43.0 Å². The van der Waals surface area contributed by atoms with Crippen LogP contribution >= 0.6 is 0 Å². The van der Waals surface area contributed by atoms with E-state index in [1.165, 1.54) is 0 Å². The summed E-state index contributed by atoms with van der Waals surface area (Å²) in [5.74, 6) is 0.0471. The second-order valence-corrected chi connectivity index (χ2v) is 4.82. The van der Waals surface area contributed by atoms with E-state index in [-0.39, 0.29) is 11.9 Å². The minimum atomic E-state index is 0.0471. The smallest absolute Gasteiger partial charge is 0.254 e. The molecule has 0 aliphatic rings. The number of hydrogen-bond donors (Lipinski definition) is 1. The molecule has 1 aromatic rings. The highest BCUT2D eigenvalue weighted by molar-refractivity contribution is 5.94. The quantitative estimate of drug-likeness (QED) is 0.815. The first-order chi connectivity index (χ1) is 9.10. The molecule has 0 aromatic heterocycles. The molecule has 0 heterocycles. The number of carbonyl (C=O) groups is 1. The Morgan fingerprint density at radius 3 is 2.74 bits per heavy atom. The molecule has 0 aliphatic heterocycles. The van der Waals surface area contributed by atoms with Crippen LogP contribution < -0.4 is 5.73 Å². The largest absolute Gasteiger partial charge is 0.383 e. The van der Waals surface area contributed by atoms with E-state index in [2.05, 4.69) is 0 Å². The highest BCUT2D eigenvalue weighted by Crippen LogP contribution is 2.11. The Morgan fingerprint density at radius 1 is 1.42 bits per heavy atom. The normalized spacial score (nSPS) is 10.8. The van der Waals surface area contributed by atoms with Crippen molar-refractivity contribution in [2.75, 3.05) is 26.8 Å². The third-order valence-corrected chi connectivity index (χ3v) is 3.03. The lowest BCUT2D eigenvalue weighted by molar-refractivity contribution is 0.0635. The highest BCUT2D eigenvalue weighted by Gasteiger charge is 2.18. The van der Waals surface area contributed by atoms with Gasteiger partial charge in [-0.05, 0) is 44.5 Å². The zero-order valence-electron chi connectivity index (χ0n) is 12.1.